The highest BCUT2D eigenvalue weighted by atomic mass is 79.9. The fraction of sp³-hybridized carbons (Fsp3) is 0.200. The number of ether oxygens (including phenoxy) is 2. The van der Waals surface area contributed by atoms with Crippen LogP contribution in [0.2, 0.25) is 0 Å². The van der Waals surface area contributed by atoms with Crippen LogP contribution in [0.1, 0.15) is 16.8 Å². The molecule has 0 spiro atoms. The van der Waals surface area contributed by atoms with E-state index in [4.69, 9.17) is 27.4 Å². The van der Waals surface area contributed by atoms with E-state index < -0.39 is 0 Å². The van der Waals surface area contributed by atoms with E-state index >= 15 is 0 Å². The first-order chi connectivity index (χ1) is 9.92. The Morgan fingerprint density at radius 2 is 2.00 bits per heavy atom. The Balaban J connectivity index is 2.46. The van der Waals surface area contributed by atoms with Gasteiger partial charge in [0, 0.05) is 5.69 Å². The highest BCUT2D eigenvalue weighted by Gasteiger charge is 2.15. The first-order valence-electron chi connectivity index (χ1n) is 6.21. The quantitative estimate of drug-likeness (QED) is 0.831. The molecule has 110 valence electrons. The molecule has 0 unspecified atom stereocenters. The SMILES string of the molecule is COc1ccc(Oc2nc(C)cc(C)c2C(N)=S)c(Br)c1. The van der Waals surface area contributed by atoms with Crippen molar-refractivity contribution >= 4 is 33.1 Å². The Labute approximate surface area is 137 Å². The molecule has 0 aliphatic carbocycles. The maximum atomic E-state index is 5.88. The minimum atomic E-state index is 0.264. The van der Waals surface area contributed by atoms with Gasteiger partial charge in [-0.1, -0.05) is 12.2 Å². The van der Waals surface area contributed by atoms with Crippen molar-refractivity contribution in [1.29, 1.82) is 0 Å². The summed E-state index contributed by atoms with van der Waals surface area (Å²) in [5, 5.41) is 0. The summed E-state index contributed by atoms with van der Waals surface area (Å²) in [6.45, 7) is 3.82. The van der Waals surface area contributed by atoms with Crippen LogP contribution < -0.4 is 15.2 Å². The minimum absolute atomic E-state index is 0.264. The van der Waals surface area contributed by atoms with E-state index in [9.17, 15) is 0 Å². The number of pyridine rings is 1. The number of benzene rings is 1. The zero-order valence-electron chi connectivity index (χ0n) is 11.9. The number of nitrogens with zero attached hydrogens (tertiary/aromatic N) is 1. The van der Waals surface area contributed by atoms with Crippen molar-refractivity contribution in [1.82, 2.24) is 4.98 Å². The van der Waals surface area contributed by atoms with Gasteiger partial charge in [0.25, 0.3) is 0 Å². The van der Waals surface area contributed by atoms with Crippen molar-refractivity contribution in [3.8, 4) is 17.4 Å². The second-order valence-electron chi connectivity index (χ2n) is 4.52. The second kappa shape index (κ2) is 6.41. The third kappa shape index (κ3) is 3.51. The first kappa shape index (κ1) is 15.7. The number of thiocarbonyl (C=S) groups is 1. The molecule has 0 amide bonds. The number of aryl methyl sites for hydroxylation is 2. The van der Waals surface area contributed by atoms with E-state index in [2.05, 4.69) is 20.9 Å². The predicted molar refractivity (Wildman–Crippen MR) is 90.4 cm³/mol. The fourth-order valence-corrected chi connectivity index (χ4v) is 2.66. The van der Waals surface area contributed by atoms with E-state index in [1.807, 2.05) is 32.0 Å². The number of halogens is 1. The summed E-state index contributed by atoms with van der Waals surface area (Å²) >= 11 is 8.54. The molecule has 21 heavy (non-hydrogen) atoms. The van der Waals surface area contributed by atoms with Crippen molar-refractivity contribution < 1.29 is 9.47 Å². The van der Waals surface area contributed by atoms with E-state index in [0.717, 1.165) is 21.5 Å². The van der Waals surface area contributed by atoms with Gasteiger partial charge >= 0.3 is 0 Å². The molecule has 6 heteroatoms. The van der Waals surface area contributed by atoms with Crippen LogP contribution in [-0.4, -0.2) is 17.1 Å². The summed E-state index contributed by atoms with van der Waals surface area (Å²) in [6, 6.07) is 7.34. The molecule has 2 aromatic rings. The molecule has 4 nitrogen and oxygen atoms in total. The average molecular weight is 367 g/mol. The van der Waals surface area contributed by atoms with Crippen molar-refractivity contribution in [2.45, 2.75) is 13.8 Å². The van der Waals surface area contributed by atoms with E-state index in [1.54, 1.807) is 13.2 Å². The molecule has 1 aromatic heterocycles. The summed E-state index contributed by atoms with van der Waals surface area (Å²) in [5.74, 6) is 1.76. The van der Waals surface area contributed by atoms with Crippen molar-refractivity contribution in [3.05, 3.63) is 45.6 Å². The summed E-state index contributed by atoms with van der Waals surface area (Å²) in [5.41, 5.74) is 8.21. The predicted octanol–water partition coefficient (Wildman–Crippen LogP) is 3.90. The van der Waals surface area contributed by atoms with E-state index in [1.165, 1.54) is 0 Å². The topological polar surface area (TPSA) is 57.4 Å². The third-order valence-corrected chi connectivity index (χ3v) is 3.73. The Kier molecular flexibility index (Phi) is 4.80. The number of hydrogen-bond acceptors (Lipinski definition) is 4. The van der Waals surface area contributed by atoms with Gasteiger partial charge in [-0.3, -0.25) is 0 Å². The lowest BCUT2D eigenvalue weighted by molar-refractivity contribution is 0.411. The first-order valence-corrected chi connectivity index (χ1v) is 7.42. The Bertz CT molecular complexity index is 704. The molecule has 0 fully saturated rings. The van der Waals surface area contributed by atoms with Crippen molar-refractivity contribution in [3.63, 3.8) is 0 Å². The van der Waals surface area contributed by atoms with Crippen LogP contribution in [-0.2, 0) is 0 Å². The maximum absolute atomic E-state index is 5.88. The van der Waals surface area contributed by atoms with Gasteiger partial charge in [-0.05, 0) is 59.6 Å². The molecule has 1 heterocycles. The number of rotatable bonds is 4. The number of nitrogens with two attached hydrogens (primary N) is 1. The van der Waals surface area contributed by atoms with Gasteiger partial charge in [0.15, 0.2) is 0 Å². The number of aromatic nitrogens is 1. The second-order valence-corrected chi connectivity index (χ2v) is 5.82. The van der Waals surface area contributed by atoms with Gasteiger partial charge in [-0.25, -0.2) is 4.98 Å². The zero-order chi connectivity index (χ0) is 15.6. The normalized spacial score (nSPS) is 10.3. The lowest BCUT2D eigenvalue weighted by Crippen LogP contribution is -2.14. The summed E-state index contributed by atoms with van der Waals surface area (Å²) in [6.07, 6.45) is 0. The van der Waals surface area contributed by atoms with Gasteiger partial charge in [0.1, 0.15) is 16.5 Å². The molecular formula is C15H15BrN2O2S. The standard InChI is InChI=1S/C15H15BrN2O2S/c1-8-6-9(2)18-15(13(8)14(17)21)20-12-5-4-10(19-3)7-11(12)16/h4-7H,1-3H3,(H2,17,21). The lowest BCUT2D eigenvalue weighted by Gasteiger charge is -2.14. The van der Waals surface area contributed by atoms with Gasteiger partial charge in [0.2, 0.25) is 5.88 Å². The van der Waals surface area contributed by atoms with E-state index in [-0.39, 0.29) is 4.99 Å². The zero-order valence-corrected chi connectivity index (χ0v) is 14.3. The molecule has 0 aliphatic rings. The van der Waals surface area contributed by atoms with Gasteiger partial charge in [-0.2, -0.15) is 0 Å². The lowest BCUT2D eigenvalue weighted by atomic mass is 10.1. The molecule has 0 atom stereocenters. The number of hydrogen-bond donors (Lipinski definition) is 1. The minimum Gasteiger partial charge on any atom is -0.497 e. The molecule has 0 radical (unpaired) electrons. The molecule has 0 bridgehead atoms. The van der Waals surface area contributed by atoms with Crippen LogP contribution in [0.3, 0.4) is 0 Å². The van der Waals surface area contributed by atoms with Crippen LogP contribution in [0.4, 0.5) is 0 Å². The monoisotopic (exact) mass is 366 g/mol. The highest BCUT2D eigenvalue weighted by molar-refractivity contribution is 9.10. The van der Waals surface area contributed by atoms with Gasteiger partial charge in [-0.15, -0.1) is 0 Å². The van der Waals surface area contributed by atoms with Crippen molar-refractivity contribution in [2.75, 3.05) is 7.11 Å². The smallest absolute Gasteiger partial charge is 0.230 e. The Morgan fingerprint density at radius 1 is 1.29 bits per heavy atom. The molecule has 1 aromatic carbocycles. The van der Waals surface area contributed by atoms with Crippen molar-refractivity contribution in [2.24, 2.45) is 5.73 Å². The molecule has 2 N–H and O–H groups in total. The maximum Gasteiger partial charge on any atom is 0.230 e. The summed E-state index contributed by atoms with van der Waals surface area (Å²) in [4.78, 5) is 4.66. The van der Waals surface area contributed by atoms with Crippen LogP contribution in [0.15, 0.2) is 28.7 Å². The van der Waals surface area contributed by atoms with Crippen LogP contribution in [0.5, 0.6) is 17.4 Å². The largest absolute Gasteiger partial charge is 0.497 e. The fourth-order valence-electron chi connectivity index (χ4n) is 1.97. The molecular weight excluding hydrogens is 352 g/mol. The highest BCUT2D eigenvalue weighted by Crippen LogP contribution is 2.34. The number of methoxy groups -OCH3 is 1. The average Bonchev–Trinajstić information content (AvgIpc) is 2.39. The third-order valence-electron chi connectivity index (χ3n) is 2.90. The summed E-state index contributed by atoms with van der Waals surface area (Å²) < 4.78 is 11.8. The molecule has 0 saturated carbocycles. The molecule has 2 rings (SSSR count). The molecule has 0 aliphatic heterocycles. The Morgan fingerprint density at radius 3 is 2.57 bits per heavy atom. The van der Waals surface area contributed by atoms with Crippen LogP contribution >= 0.6 is 28.1 Å². The van der Waals surface area contributed by atoms with Crippen LogP contribution in [0, 0.1) is 13.8 Å². The van der Waals surface area contributed by atoms with Crippen LogP contribution in [0.25, 0.3) is 0 Å². The van der Waals surface area contributed by atoms with Gasteiger partial charge < -0.3 is 15.2 Å². The molecule has 0 saturated heterocycles. The Hall–Kier alpha value is -1.66. The van der Waals surface area contributed by atoms with Gasteiger partial charge in [0.05, 0.1) is 17.1 Å². The van der Waals surface area contributed by atoms with E-state index in [0.29, 0.717) is 17.2 Å². The summed E-state index contributed by atoms with van der Waals surface area (Å²) in [7, 11) is 1.61.